The lowest BCUT2D eigenvalue weighted by Crippen LogP contribution is -2.24. The van der Waals surface area contributed by atoms with Gasteiger partial charge in [0.15, 0.2) is 5.11 Å². The first-order chi connectivity index (χ1) is 19.1. The third kappa shape index (κ3) is 5.89. The zero-order chi connectivity index (χ0) is 28.4. The molecule has 0 aliphatic rings. The molecular weight excluding hydrogens is 537 g/mol. The predicted octanol–water partition coefficient (Wildman–Crippen LogP) is 7.13. The second-order valence-corrected chi connectivity index (χ2v) is 9.78. The number of hydrogen-bond acceptors (Lipinski definition) is 5. The van der Waals surface area contributed by atoms with E-state index in [9.17, 15) is 13.2 Å². The van der Waals surface area contributed by atoms with Crippen molar-refractivity contribution in [2.45, 2.75) is 26.1 Å². The van der Waals surface area contributed by atoms with Gasteiger partial charge in [0.2, 0.25) is 0 Å². The number of aromatic nitrogens is 3. The van der Waals surface area contributed by atoms with Crippen molar-refractivity contribution in [1.82, 2.24) is 20.2 Å². The third-order valence-corrected chi connectivity index (χ3v) is 6.44. The number of para-hydroxylation sites is 1. The van der Waals surface area contributed by atoms with E-state index in [0.717, 1.165) is 38.8 Å². The largest absolute Gasteiger partial charge is 0.573 e. The quantitative estimate of drug-likeness (QED) is 0.130. The minimum atomic E-state index is -4.74. The molecule has 0 spiro atoms. The molecule has 0 fully saturated rings. The maximum absolute atomic E-state index is 12.5. The van der Waals surface area contributed by atoms with Gasteiger partial charge >= 0.3 is 6.36 Å². The van der Waals surface area contributed by atoms with Gasteiger partial charge in [-0.1, -0.05) is 32.0 Å². The number of hydrogen-bond donors (Lipinski definition) is 2. The number of aryl methyl sites for hydroxylation is 1. The Bertz CT molecular complexity index is 1730. The average Bonchev–Trinajstić information content (AvgIpc) is 3.24. The predicted molar refractivity (Wildman–Crippen MR) is 156 cm³/mol. The molecule has 204 valence electrons. The zero-order valence-electron chi connectivity index (χ0n) is 21.8. The molecule has 0 saturated carbocycles. The number of benzene rings is 3. The van der Waals surface area contributed by atoms with Gasteiger partial charge < -0.3 is 10.1 Å². The van der Waals surface area contributed by atoms with Gasteiger partial charge in [-0.05, 0) is 78.3 Å². The Morgan fingerprint density at radius 3 is 2.45 bits per heavy atom. The Labute approximate surface area is 233 Å². The van der Waals surface area contributed by atoms with Crippen molar-refractivity contribution in [3.05, 3.63) is 84.1 Å². The molecule has 7 nitrogen and oxygen atoms in total. The van der Waals surface area contributed by atoms with Crippen LogP contribution < -0.4 is 15.5 Å². The van der Waals surface area contributed by atoms with Crippen LogP contribution in [0.15, 0.2) is 77.9 Å². The Hall–Kier alpha value is -4.51. The molecule has 0 aliphatic carbocycles. The normalized spacial score (nSPS) is 12.0. The van der Waals surface area contributed by atoms with Crippen LogP contribution in [0.4, 0.5) is 18.9 Å². The van der Waals surface area contributed by atoms with Gasteiger partial charge in [0.05, 0.1) is 23.1 Å². The number of fused-ring (bicyclic) bond motifs is 3. The molecule has 0 unspecified atom stereocenters. The smallest absolute Gasteiger partial charge is 0.406 e. The fraction of sp³-hybridized carbons (Fsp3) is 0.172. The molecular formula is C29H25F3N6OS. The topological polar surface area (TPSA) is 76.4 Å². The average molecular weight is 563 g/mol. The van der Waals surface area contributed by atoms with Crippen molar-refractivity contribution in [2.75, 3.05) is 5.32 Å². The number of nitrogens with zero attached hydrogens (tertiary/aromatic N) is 4. The van der Waals surface area contributed by atoms with E-state index in [2.05, 4.69) is 50.6 Å². The molecule has 2 heterocycles. The summed E-state index contributed by atoms with van der Waals surface area (Å²) < 4.78 is 43.3. The van der Waals surface area contributed by atoms with E-state index in [1.165, 1.54) is 12.1 Å². The molecule has 0 atom stereocenters. The van der Waals surface area contributed by atoms with Crippen LogP contribution in [0.25, 0.3) is 33.1 Å². The fourth-order valence-corrected chi connectivity index (χ4v) is 4.69. The van der Waals surface area contributed by atoms with E-state index in [1.54, 1.807) is 30.1 Å². The second-order valence-electron chi connectivity index (χ2n) is 9.38. The van der Waals surface area contributed by atoms with Crippen LogP contribution in [0.2, 0.25) is 0 Å². The SMILES string of the molecule is CC(C)c1ccccc1NC(=S)NN=Cc1ccc2c(ccc3c(-c4ccc(OC(F)(F)F)cc4)n(C)nc32)n1. The summed E-state index contributed by atoms with van der Waals surface area (Å²) in [5, 5.41) is 14.1. The van der Waals surface area contributed by atoms with Crippen molar-refractivity contribution in [3.8, 4) is 17.0 Å². The lowest BCUT2D eigenvalue weighted by molar-refractivity contribution is -0.274. The summed E-state index contributed by atoms with van der Waals surface area (Å²) in [6.45, 7) is 4.24. The molecule has 11 heteroatoms. The van der Waals surface area contributed by atoms with Gasteiger partial charge in [0.1, 0.15) is 11.3 Å². The van der Waals surface area contributed by atoms with Gasteiger partial charge in [-0.25, -0.2) is 4.98 Å². The molecule has 5 rings (SSSR count). The monoisotopic (exact) mass is 562 g/mol. The van der Waals surface area contributed by atoms with Crippen LogP contribution in [0.3, 0.4) is 0 Å². The van der Waals surface area contributed by atoms with Crippen molar-refractivity contribution >= 4 is 51.0 Å². The van der Waals surface area contributed by atoms with E-state index in [0.29, 0.717) is 22.3 Å². The zero-order valence-corrected chi connectivity index (χ0v) is 22.6. The van der Waals surface area contributed by atoms with E-state index in [4.69, 9.17) is 12.2 Å². The van der Waals surface area contributed by atoms with Gasteiger partial charge in [0, 0.05) is 29.1 Å². The van der Waals surface area contributed by atoms with Crippen molar-refractivity contribution in [1.29, 1.82) is 0 Å². The number of thiocarbonyl (C=S) groups is 1. The molecule has 0 amide bonds. The highest BCUT2D eigenvalue weighted by atomic mass is 32.1. The van der Waals surface area contributed by atoms with Gasteiger partial charge in [0.25, 0.3) is 0 Å². The van der Waals surface area contributed by atoms with Crippen LogP contribution in [0.1, 0.15) is 31.0 Å². The number of alkyl halides is 3. The number of nitrogens with one attached hydrogen (secondary N) is 2. The van der Waals surface area contributed by atoms with Crippen LogP contribution in [-0.2, 0) is 7.05 Å². The number of ether oxygens (including phenoxy) is 1. The highest BCUT2D eigenvalue weighted by molar-refractivity contribution is 7.80. The molecule has 2 aromatic heterocycles. The Kier molecular flexibility index (Phi) is 7.40. The van der Waals surface area contributed by atoms with Gasteiger partial charge in [-0.2, -0.15) is 10.2 Å². The Morgan fingerprint density at radius 2 is 1.73 bits per heavy atom. The van der Waals surface area contributed by atoms with Crippen LogP contribution in [-0.4, -0.2) is 32.5 Å². The van der Waals surface area contributed by atoms with E-state index in [-0.39, 0.29) is 5.75 Å². The van der Waals surface area contributed by atoms with E-state index >= 15 is 0 Å². The molecule has 0 saturated heterocycles. The molecule has 40 heavy (non-hydrogen) atoms. The third-order valence-electron chi connectivity index (χ3n) is 6.25. The molecule has 3 aromatic carbocycles. The minimum Gasteiger partial charge on any atom is -0.406 e. The molecule has 2 N–H and O–H groups in total. The number of rotatable bonds is 6. The van der Waals surface area contributed by atoms with Crippen LogP contribution >= 0.6 is 12.2 Å². The maximum atomic E-state index is 12.5. The second kappa shape index (κ2) is 10.9. The highest BCUT2D eigenvalue weighted by Gasteiger charge is 2.31. The number of hydrazone groups is 1. The van der Waals surface area contributed by atoms with Gasteiger partial charge in [-0.3, -0.25) is 10.1 Å². The Balaban J connectivity index is 1.34. The van der Waals surface area contributed by atoms with Crippen molar-refractivity contribution < 1.29 is 17.9 Å². The van der Waals surface area contributed by atoms with Crippen molar-refractivity contribution in [3.63, 3.8) is 0 Å². The number of halogens is 3. The summed E-state index contributed by atoms with van der Waals surface area (Å²) in [4.78, 5) is 4.68. The first kappa shape index (κ1) is 27.1. The molecule has 0 bridgehead atoms. The summed E-state index contributed by atoms with van der Waals surface area (Å²) in [6.07, 6.45) is -3.16. The Morgan fingerprint density at radius 1 is 1.00 bits per heavy atom. The first-order valence-electron chi connectivity index (χ1n) is 12.4. The minimum absolute atomic E-state index is 0.280. The van der Waals surface area contributed by atoms with Crippen LogP contribution in [0.5, 0.6) is 5.75 Å². The van der Waals surface area contributed by atoms with E-state index < -0.39 is 6.36 Å². The number of anilines is 1. The lowest BCUT2D eigenvalue weighted by atomic mass is 10.0. The standard InChI is InChI=1S/C29H25F3N6OS/c1-17(2)21-6-4-5-7-24(21)35-28(40)36-33-16-19-10-13-22-25(34-19)15-14-23-26(22)37-38(3)27(23)18-8-11-20(12-9-18)39-29(30,31)32/h4-17H,1-3H3,(H2,35,36,40). The molecule has 0 aliphatic heterocycles. The summed E-state index contributed by atoms with van der Waals surface area (Å²) in [7, 11) is 1.79. The van der Waals surface area contributed by atoms with Crippen molar-refractivity contribution in [2.24, 2.45) is 12.1 Å². The first-order valence-corrected chi connectivity index (χ1v) is 12.8. The summed E-state index contributed by atoms with van der Waals surface area (Å²) in [5.41, 5.74) is 8.48. The lowest BCUT2D eigenvalue weighted by Gasteiger charge is -2.14. The maximum Gasteiger partial charge on any atom is 0.573 e. The highest BCUT2D eigenvalue weighted by Crippen LogP contribution is 2.34. The van der Waals surface area contributed by atoms with Gasteiger partial charge in [-0.15, -0.1) is 13.2 Å². The summed E-state index contributed by atoms with van der Waals surface area (Å²) in [6, 6.07) is 21.2. The molecule has 5 aromatic rings. The fourth-order valence-electron chi connectivity index (χ4n) is 4.53. The summed E-state index contributed by atoms with van der Waals surface area (Å²) >= 11 is 5.39. The van der Waals surface area contributed by atoms with E-state index in [1.807, 2.05) is 42.5 Å². The summed E-state index contributed by atoms with van der Waals surface area (Å²) in [5.74, 6) is 0.0647. The number of pyridine rings is 1. The molecule has 0 radical (unpaired) electrons. The van der Waals surface area contributed by atoms with Crippen LogP contribution in [0, 0.1) is 0 Å².